The average molecular weight is 326 g/mol. The van der Waals surface area contributed by atoms with Crippen molar-refractivity contribution in [2.75, 3.05) is 6.54 Å². The van der Waals surface area contributed by atoms with Crippen LogP contribution < -0.4 is 5.32 Å². The highest BCUT2D eigenvalue weighted by atomic mass is 32.1. The number of aryl methyl sites for hydroxylation is 1. The molecule has 0 bridgehead atoms. The van der Waals surface area contributed by atoms with E-state index in [1.807, 2.05) is 29.6 Å². The van der Waals surface area contributed by atoms with E-state index in [0.29, 0.717) is 18.0 Å². The van der Waals surface area contributed by atoms with E-state index in [0.717, 1.165) is 4.88 Å². The van der Waals surface area contributed by atoms with Gasteiger partial charge in [0.05, 0.1) is 4.88 Å². The standard InChI is InChI=1S/C18H18N2O2S/c1-12-6-3-4-7-14(12)13(2)11-19-18(21)15-10-16(22-20-15)17-8-5-9-23-17/h3-10,13H,11H2,1-2H3,(H,19,21). The SMILES string of the molecule is Cc1ccccc1C(C)CNC(=O)c1cc(-c2cccs2)on1. The van der Waals surface area contributed by atoms with Gasteiger partial charge in [0.1, 0.15) is 0 Å². The number of nitrogens with one attached hydrogen (secondary N) is 1. The van der Waals surface area contributed by atoms with Crippen LogP contribution in [0.15, 0.2) is 52.4 Å². The molecule has 2 aromatic heterocycles. The summed E-state index contributed by atoms with van der Waals surface area (Å²) in [5, 5.41) is 8.74. The van der Waals surface area contributed by atoms with E-state index < -0.39 is 0 Å². The van der Waals surface area contributed by atoms with Crippen molar-refractivity contribution in [2.45, 2.75) is 19.8 Å². The van der Waals surface area contributed by atoms with Gasteiger partial charge >= 0.3 is 0 Å². The zero-order valence-electron chi connectivity index (χ0n) is 13.1. The van der Waals surface area contributed by atoms with Gasteiger partial charge in [0.15, 0.2) is 11.5 Å². The Labute approximate surface area is 139 Å². The van der Waals surface area contributed by atoms with E-state index in [4.69, 9.17) is 4.52 Å². The number of carbonyl (C=O) groups excluding carboxylic acids is 1. The van der Waals surface area contributed by atoms with E-state index in [1.165, 1.54) is 11.1 Å². The largest absolute Gasteiger partial charge is 0.355 e. The summed E-state index contributed by atoms with van der Waals surface area (Å²) >= 11 is 1.55. The second-order valence-corrected chi connectivity index (χ2v) is 6.47. The van der Waals surface area contributed by atoms with Gasteiger partial charge in [0.25, 0.3) is 5.91 Å². The van der Waals surface area contributed by atoms with Crippen LogP contribution in [0.5, 0.6) is 0 Å². The molecule has 1 aromatic carbocycles. The molecule has 118 valence electrons. The summed E-state index contributed by atoms with van der Waals surface area (Å²) in [5.41, 5.74) is 2.79. The fourth-order valence-electron chi connectivity index (χ4n) is 2.50. The van der Waals surface area contributed by atoms with Gasteiger partial charge < -0.3 is 9.84 Å². The molecule has 23 heavy (non-hydrogen) atoms. The van der Waals surface area contributed by atoms with Crippen molar-refractivity contribution in [2.24, 2.45) is 0 Å². The Morgan fingerprint density at radius 3 is 2.87 bits per heavy atom. The first-order chi connectivity index (χ1) is 11.1. The number of hydrogen-bond donors (Lipinski definition) is 1. The molecule has 0 aliphatic carbocycles. The minimum atomic E-state index is -0.211. The molecule has 3 rings (SSSR count). The zero-order chi connectivity index (χ0) is 16.2. The lowest BCUT2D eigenvalue weighted by atomic mass is 9.96. The lowest BCUT2D eigenvalue weighted by Gasteiger charge is -2.14. The minimum Gasteiger partial charge on any atom is -0.355 e. The van der Waals surface area contributed by atoms with Crippen molar-refractivity contribution in [3.8, 4) is 10.6 Å². The van der Waals surface area contributed by atoms with Gasteiger partial charge in [-0.2, -0.15) is 0 Å². The highest BCUT2D eigenvalue weighted by Crippen LogP contribution is 2.25. The monoisotopic (exact) mass is 326 g/mol. The van der Waals surface area contributed by atoms with Crippen LogP contribution in [0.25, 0.3) is 10.6 Å². The average Bonchev–Trinajstić information content (AvgIpc) is 3.23. The van der Waals surface area contributed by atoms with E-state index in [2.05, 4.69) is 36.5 Å². The molecule has 5 heteroatoms. The summed E-state index contributed by atoms with van der Waals surface area (Å²) in [5.74, 6) is 0.651. The maximum atomic E-state index is 12.2. The number of nitrogens with zero attached hydrogens (tertiary/aromatic N) is 1. The van der Waals surface area contributed by atoms with Crippen LogP contribution >= 0.6 is 11.3 Å². The van der Waals surface area contributed by atoms with Crippen molar-refractivity contribution >= 4 is 17.2 Å². The Morgan fingerprint density at radius 1 is 1.30 bits per heavy atom. The first kappa shape index (κ1) is 15.5. The quantitative estimate of drug-likeness (QED) is 0.763. The second kappa shape index (κ2) is 6.79. The Morgan fingerprint density at radius 2 is 2.13 bits per heavy atom. The maximum Gasteiger partial charge on any atom is 0.273 e. The fourth-order valence-corrected chi connectivity index (χ4v) is 3.18. The van der Waals surface area contributed by atoms with Gasteiger partial charge in [-0.25, -0.2) is 0 Å². The third kappa shape index (κ3) is 3.51. The molecule has 1 atom stereocenters. The summed E-state index contributed by atoms with van der Waals surface area (Å²) in [4.78, 5) is 13.2. The maximum absolute atomic E-state index is 12.2. The van der Waals surface area contributed by atoms with Crippen molar-refractivity contribution in [1.82, 2.24) is 10.5 Å². The summed E-state index contributed by atoms with van der Waals surface area (Å²) in [6, 6.07) is 13.8. The summed E-state index contributed by atoms with van der Waals surface area (Å²) < 4.78 is 5.24. The van der Waals surface area contributed by atoms with Crippen molar-refractivity contribution in [3.63, 3.8) is 0 Å². The van der Waals surface area contributed by atoms with Crippen LogP contribution in [-0.2, 0) is 0 Å². The minimum absolute atomic E-state index is 0.211. The summed E-state index contributed by atoms with van der Waals surface area (Å²) in [7, 11) is 0. The first-order valence-corrected chi connectivity index (χ1v) is 8.37. The van der Waals surface area contributed by atoms with Gasteiger partial charge in [0, 0.05) is 12.6 Å². The number of hydrogen-bond acceptors (Lipinski definition) is 4. The third-order valence-electron chi connectivity index (χ3n) is 3.80. The van der Waals surface area contributed by atoms with Crippen LogP contribution in [0.2, 0.25) is 0 Å². The smallest absolute Gasteiger partial charge is 0.273 e. The normalized spacial score (nSPS) is 12.1. The molecular weight excluding hydrogens is 308 g/mol. The number of rotatable bonds is 5. The third-order valence-corrected chi connectivity index (χ3v) is 4.68. The predicted molar refractivity (Wildman–Crippen MR) is 91.7 cm³/mol. The molecule has 0 aliphatic rings. The molecule has 0 saturated carbocycles. The molecule has 0 aliphatic heterocycles. The van der Waals surface area contributed by atoms with Crippen LogP contribution in [-0.4, -0.2) is 17.6 Å². The topological polar surface area (TPSA) is 55.1 Å². The molecule has 1 unspecified atom stereocenters. The highest BCUT2D eigenvalue weighted by Gasteiger charge is 2.15. The number of thiophene rings is 1. The van der Waals surface area contributed by atoms with Crippen LogP contribution in [0.1, 0.15) is 34.5 Å². The highest BCUT2D eigenvalue weighted by molar-refractivity contribution is 7.13. The Bertz CT molecular complexity index is 793. The van der Waals surface area contributed by atoms with Crippen LogP contribution in [0, 0.1) is 6.92 Å². The zero-order valence-corrected chi connectivity index (χ0v) is 13.9. The van der Waals surface area contributed by atoms with Gasteiger partial charge in [-0.05, 0) is 35.4 Å². The molecule has 4 nitrogen and oxygen atoms in total. The Hall–Kier alpha value is -2.40. The molecule has 0 radical (unpaired) electrons. The van der Waals surface area contributed by atoms with E-state index in [-0.39, 0.29) is 11.8 Å². The second-order valence-electron chi connectivity index (χ2n) is 5.52. The van der Waals surface area contributed by atoms with E-state index in [1.54, 1.807) is 17.4 Å². The van der Waals surface area contributed by atoms with E-state index >= 15 is 0 Å². The van der Waals surface area contributed by atoms with Crippen LogP contribution in [0.3, 0.4) is 0 Å². The number of amides is 1. The number of aromatic nitrogens is 1. The molecule has 0 saturated heterocycles. The first-order valence-electron chi connectivity index (χ1n) is 7.49. The molecule has 1 amide bonds. The van der Waals surface area contributed by atoms with Gasteiger partial charge in [-0.1, -0.05) is 42.4 Å². The van der Waals surface area contributed by atoms with Crippen molar-refractivity contribution < 1.29 is 9.32 Å². The fraction of sp³-hybridized carbons (Fsp3) is 0.222. The van der Waals surface area contributed by atoms with Gasteiger partial charge in [-0.15, -0.1) is 11.3 Å². The Balaban J connectivity index is 1.63. The molecule has 0 fully saturated rings. The molecular formula is C18H18N2O2S. The lowest BCUT2D eigenvalue weighted by Crippen LogP contribution is -2.27. The molecule has 3 aromatic rings. The Kier molecular flexibility index (Phi) is 4.57. The molecule has 2 heterocycles. The predicted octanol–water partition coefficient (Wildman–Crippen LogP) is 4.25. The van der Waals surface area contributed by atoms with E-state index in [9.17, 15) is 4.79 Å². The summed E-state index contributed by atoms with van der Waals surface area (Å²) in [6.45, 7) is 4.74. The summed E-state index contributed by atoms with van der Waals surface area (Å²) in [6.07, 6.45) is 0. The molecule has 1 N–H and O–H groups in total. The van der Waals surface area contributed by atoms with Crippen molar-refractivity contribution in [1.29, 1.82) is 0 Å². The van der Waals surface area contributed by atoms with Crippen LogP contribution in [0.4, 0.5) is 0 Å². The van der Waals surface area contributed by atoms with Gasteiger partial charge in [0.2, 0.25) is 0 Å². The lowest BCUT2D eigenvalue weighted by molar-refractivity contribution is 0.0942. The number of benzene rings is 1. The number of carbonyl (C=O) groups is 1. The molecule has 0 spiro atoms. The van der Waals surface area contributed by atoms with Crippen molar-refractivity contribution in [3.05, 3.63) is 64.7 Å². The van der Waals surface area contributed by atoms with Gasteiger partial charge in [-0.3, -0.25) is 4.79 Å².